The SMILES string of the molecule is c1ccc(-c2cc(-c3ccccc3)n(-c3ncccn3)n2)cc1. The minimum atomic E-state index is 0.563. The second-order valence-corrected chi connectivity index (χ2v) is 5.11. The highest BCUT2D eigenvalue weighted by atomic mass is 15.4. The summed E-state index contributed by atoms with van der Waals surface area (Å²) in [5.74, 6) is 0.563. The summed E-state index contributed by atoms with van der Waals surface area (Å²) in [6.07, 6.45) is 3.45. The minimum absolute atomic E-state index is 0.563. The van der Waals surface area contributed by atoms with Crippen LogP contribution in [0.15, 0.2) is 85.2 Å². The summed E-state index contributed by atoms with van der Waals surface area (Å²) in [7, 11) is 0. The first-order chi connectivity index (χ1) is 11.4. The van der Waals surface area contributed by atoms with Gasteiger partial charge < -0.3 is 0 Å². The van der Waals surface area contributed by atoms with E-state index >= 15 is 0 Å². The van der Waals surface area contributed by atoms with Crippen LogP contribution >= 0.6 is 0 Å². The first kappa shape index (κ1) is 13.4. The second-order valence-electron chi connectivity index (χ2n) is 5.11. The molecule has 2 aromatic carbocycles. The summed E-state index contributed by atoms with van der Waals surface area (Å²) in [6, 6.07) is 24.1. The van der Waals surface area contributed by atoms with Crippen molar-refractivity contribution in [1.82, 2.24) is 19.7 Å². The van der Waals surface area contributed by atoms with Crippen molar-refractivity contribution in [3.8, 4) is 28.5 Å². The third-order valence-corrected chi connectivity index (χ3v) is 3.59. The summed E-state index contributed by atoms with van der Waals surface area (Å²) in [5.41, 5.74) is 4.02. The fourth-order valence-corrected chi connectivity index (χ4v) is 2.50. The highest BCUT2D eigenvalue weighted by Crippen LogP contribution is 2.27. The largest absolute Gasteiger partial charge is 0.251 e. The molecule has 4 rings (SSSR count). The molecular formula is C19H14N4. The van der Waals surface area contributed by atoms with E-state index in [4.69, 9.17) is 5.10 Å². The lowest BCUT2D eigenvalue weighted by molar-refractivity contribution is 0.817. The van der Waals surface area contributed by atoms with Gasteiger partial charge in [0.15, 0.2) is 0 Å². The molecule has 0 aliphatic heterocycles. The van der Waals surface area contributed by atoms with Gasteiger partial charge in [-0.3, -0.25) is 0 Å². The van der Waals surface area contributed by atoms with Crippen LogP contribution in [0.2, 0.25) is 0 Å². The molecule has 4 aromatic rings. The number of benzene rings is 2. The third kappa shape index (κ3) is 2.62. The molecular weight excluding hydrogens is 284 g/mol. The van der Waals surface area contributed by atoms with Gasteiger partial charge in [-0.2, -0.15) is 9.78 Å². The predicted octanol–water partition coefficient (Wildman–Crippen LogP) is 4.00. The van der Waals surface area contributed by atoms with Gasteiger partial charge in [-0.05, 0) is 12.1 Å². The molecule has 0 saturated carbocycles. The van der Waals surface area contributed by atoms with E-state index in [1.807, 2.05) is 48.5 Å². The smallest absolute Gasteiger partial charge is 0.220 e. The topological polar surface area (TPSA) is 43.6 Å². The van der Waals surface area contributed by atoms with E-state index in [-0.39, 0.29) is 0 Å². The lowest BCUT2D eigenvalue weighted by Crippen LogP contribution is -2.03. The Kier molecular flexibility index (Phi) is 3.41. The standard InChI is InChI=1S/C19H14N4/c1-3-8-15(9-4-1)17-14-18(16-10-5-2-6-11-16)23(22-17)19-20-12-7-13-21-19/h1-14H. The molecule has 0 fully saturated rings. The fourth-order valence-electron chi connectivity index (χ4n) is 2.50. The van der Waals surface area contributed by atoms with Gasteiger partial charge in [0, 0.05) is 23.5 Å². The number of hydrogen-bond acceptors (Lipinski definition) is 3. The van der Waals surface area contributed by atoms with Crippen molar-refractivity contribution in [3.63, 3.8) is 0 Å². The molecule has 2 aromatic heterocycles. The van der Waals surface area contributed by atoms with E-state index in [0.717, 1.165) is 22.5 Å². The molecule has 23 heavy (non-hydrogen) atoms. The average Bonchev–Trinajstić information content (AvgIpc) is 3.09. The molecule has 0 aliphatic carbocycles. The van der Waals surface area contributed by atoms with Crippen molar-refractivity contribution in [2.45, 2.75) is 0 Å². The molecule has 0 bridgehead atoms. The molecule has 0 saturated heterocycles. The van der Waals surface area contributed by atoms with Crippen LogP contribution in [0.1, 0.15) is 0 Å². The van der Waals surface area contributed by atoms with Gasteiger partial charge in [-0.15, -0.1) is 0 Å². The molecule has 0 amide bonds. The Morgan fingerprint density at radius 2 is 1.26 bits per heavy atom. The predicted molar refractivity (Wildman–Crippen MR) is 90.0 cm³/mol. The molecule has 0 aliphatic rings. The molecule has 4 heteroatoms. The first-order valence-corrected chi connectivity index (χ1v) is 7.40. The van der Waals surface area contributed by atoms with E-state index in [1.54, 1.807) is 23.1 Å². The van der Waals surface area contributed by atoms with E-state index < -0.39 is 0 Å². The van der Waals surface area contributed by atoms with E-state index in [1.165, 1.54) is 0 Å². The quantitative estimate of drug-likeness (QED) is 0.574. The summed E-state index contributed by atoms with van der Waals surface area (Å²) in [6.45, 7) is 0. The Morgan fingerprint density at radius 3 is 1.91 bits per heavy atom. The Balaban J connectivity index is 1.91. The van der Waals surface area contributed by atoms with Crippen molar-refractivity contribution in [2.75, 3.05) is 0 Å². The summed E-state index contributed by atoms with van der Waals surface area (Å²) < 4.78 is 1.79. The molecule has 0 radical (unpaired) electrons. The maximum absolute atomic E-state index is 4.72. The Morgan fingerprint density at radius 1 is 0.652 bits per heavy atom. The van der Waals surface area contributed by atoms with Crippen LogP contribution < -0.4 is 0 Å². The molecule has 110 valence electrons. The molecule has 2 heterocycles. The Bertz CT molecular complexity index is 843. The molecule has 0 unspecified atom stereocenters. The summed E-state index contributed by atoms with van der Waals surface area (Å²) >= 11 is 0. The average molecular weight is 298 g/mol. The zero-order valence-corrected chi connectivity index (χ0v) is 12.4. The fraction of sp³-hybridized carbons (Fsp3) is 0. The van der Waals surface area contributed by atoms with E-state index in [9.17, 15) is 0 Å². The van der Waals surface area contributed by atoms with Crippen molar-refractivity contribution in [1.29, 1.82) is 0 Å². The summed E-state index contributed by atoms with van der Waals surface area (Å²) in [4.78, 5) is 8.66. The maximum atomic E-state index is 4.72. The highest BCUT2D eigenvalue weighted by molar-refractivity contribution is 5.69. The second kappa shape index (κ2) is 5.85. The number of rotatable bonds is 3. The van der Waals surface area contributed by atoms with Crippen LogP contribution in [0.4, 0.5) is 0 Å². The van der Waals surface area contributed by atoms with E-state index in [0.29, 0.717) is 5.95 Å². The van der Waals surface area contributed by atoms with Gasteiger partial charge in [0.1, 0.15) is 0 Å². The zero-order valence-electron chi connectivity index (χ0n) is 12.4. The number of hydrogen-bond donors (Lipinski definition) is 0. The van der Waals surface area contributed by atoms with Crippen molar-refractivity contribution in [3.05, 3.63) is 85.2 Å². The van der Waals surface area contributed by atoms with Crippen LogP contribution in [0.5, 0.6) is 0 Å². The molecule has 0 N–H and O–H groups in total. The third-order valence-electron chi connectivity index (χ3n) is 3.59. The molecule has 0 spiro atoms. The minimum Gasteiger partial charge on any atom is -0.220 e. The normalized spacial score (nSPS) is 10.6. The summed E-state index contributed by atoms with van der Waals surface area (Å²) in [5, 5.41) is 4.72. The van der Waals surface area contributed by atoms with Gasteiger partial charge in [-0.1, -0.05) is 60.7 Å². The first-order valence-electron chi connectivity index (χ1n) is 7.40. The zero-order chi connectivity index (χ0) is 15.5. The van der Waals surface area contributed by atoms with Crippen molar-refractivity contribution >= 4 is 0 Å². The molecule has 0 atom stereocenters. The monoisotopic (exact) mass is 298 g/mol. The Labute approximate surface area is 134 Å². The maximum Gasteiger partial charge on any atom is 0.251 e. The van der Waals surface area contributed by atoms with Gasteiger partial charge in [0.25, 0.3) is 5.95 Å². The van der Waals surface area contributed by atoms with Crippen LogP contribution in [0.3, 0.4) is 0 Å². The van der Waals surface area contributed by atoms with E-state index in [2.05, 4.69) is 28.2 Å². The van der Waals surface area contributed by atoms with Crippen LogP contribution in [-0.2, 0) is 0 Å². The van der Waals surface area contributed by atoms with Gasteiger partial charge in [0.2, 0.25) is 0 Å². The van der Waals surface area contributed by atoms with Crippen molar-refractivity contribution in [2.24, 2.45) is 0 Å². The Hall–Kier alpha value is -3.27. The van der Waals surface area contributed by atoms with Gasteiger partial charge in [0.05, 0.1) is 11.4 Å². The lowest BCUT2D eigenvalue weighted by Gasteiger charge is -2.04. The van der Waals surface area contributed by atoms with Crippen molar-refractivity contribution < 1.29 is 0 Å². The van der Waals surface area contributed by atoms with Gasteiger partial charge >= 0.3 is 0 Å². The van der Waals surface area contributed by atoms with Crippen LogP contribution in [-0.4, -0.2) is 19.7 Å². The lowest BCUT2D eigenvalue weighted by atomic mass is 10.1. The molecule has 4 nitrogen and oxygen atoms in total. The number of nitrogens with zero attached hydrogens (tertiary/aromatic N) is 4. The number of aromatic nitrogens is 4. The van der Waals surface area contributed by atoms with Gasteiger partial charge in [-0.25, -0.2) is 9.97 Å². The highest BCUT2D eigenvalue weighted by Gasteiger charge is 2.14. The van der Waals surface area contributed by atoms with Crippen LogP contribution in [0, 0.1) is 0 Å². The van der Waals surface area contributed by atoms with Crippen LogP contribution in [0.25, 0.3) is 28.5 Å².